The van der Waals surface area contributed by atoms with Crippen molar-refractivity contribution in [1.29, 1.82) is 0 Å². The number of carbonyl (C=O) groups is 1. The Bertz CT molecular complexity index is 1450. The lowest BCUT2D eigenvalue weighted by Gasteiger charge is -2.10. The molecule has 0 aliphatic heterocycles. The Labute approximate surface area is 191 Å². The first-order valence-corrected chi connectivity index (χ1v) is 11.7. The molecule has 5 rings (SSSR count). The molecule has 0 aliphatic carbocycles. The van der Waals surface area contributed by atoms with Gasteiger partial charge in [0.25, 0.3) is 5.56 Å². The van der Waals surface area contributed by atoms with Gasteiger partial charge in [0.05, 0.1) is 24.0 Å². The van der Waals surface area contributed by atoms with E-state index in [-0.39, 0.29) is 18.0 Å². The number of aryl methyl sites for hydroxylation is 1. The Morgan fingerprint density at radius 3 is 2.75 bits per heavy atom. The highest BCUT2D eigenvalue weighted by Crippen LogP contribution is 2.33. The number of carbonyl (C=O) groups excluding carboxylic acids is 1. The lowest BCUT2D eigenvalue weighted by atomic mass is 10.2. The van der Waals surface area contributed by atoms with E-state index in [1.54, 1.807) is 16.0 Å². The van der Waals surface area contributed by atoms with E-state index in [0.717, 1.165) is 21.7 Å². The summed E-state index contributed by atoms with van der Waals surface area (Å²) < 4.78 is 3.10. The van der Waals surface area contributed by atoms with Gasteiger partial charge in [-0.05, 0) is 23.9 Å². The molecule has 0 bridgehead atoms. The largest absolute Gasteiger partial charge is 0.309 e. The van der Waals surface area contributed by atoms with E-state index in [1.165, 1.54) is 22.2 Å². The van der Waals surface area contributed by atoms with Crippen LogP contribution in [0.5, 0.6) is 0 Å². The molecule has 0 aliphatic rings. The Kier molecular flexibility index (Phi) is 5.42. The average Bonchev–Trinajstić information content (AvgIpc) is 3.51. The molecule has 0 radical (unpaired) electrons. The third-order valence-corrected chi connectivity index (χ3v) is 6.80. The van der Waals surface area contributed by atoms with Crippen LogP contribution in [0.25, 0.3) is 20.7 Å². The minimum Gasteiger partial charge on any atom is -0.309 e. The van der Waals surface area contributed by atoms with Gasteiger partial charge in [-0.3, -0.25) is 14.2 Å². The maximum atomic E-state index is 13.1. The molecular formula is C23H19N5O2S2. The van der Waals surface area contributed by atoms with Crippen molar-refractivity contribution in [3.8, 4) is 10.4 Å². The number of benzene rings is 1. The van der Waals surface area contributed by atoms with Gasteiger partial charge >= 0.3 is 0 Å². The fourth-order valence-electron chi connectivity index (χ4n) is 3.55. The van der Waals surface area contributed by atoms with Crippen molar-refractivity contribution in [2.45, 2.75) is 20.0 Å². The second-order valence-electron chi connectivity index (χ2n) is 7.35. The van der Waals surface area contributed by atoms with Crippen LogP contribution < -0.4 is 10.9 Å². The van der Waals surface area contributed by atoms with Crippen LogP contribution in [0.2, 0.25) is 0 Å². The number of thiophene rings is 2. The predicted octanol–water partition coefficient (Wildman–Crippen LogP) is 4.38. The molecule has 0 fully saturated rings. The van der Waals surface area contributed by atoms with Crippen LogP contribution in [0.15, 0.2) is 70.4 Å². The van der Waals surface area contributed by atoms with E-state index in [0.29, 0.717) is 22.6 Å². The minimum atomic E-state index is -0.310. The van der Waals surface area contributed by atoms with Crippen LogP contribution >= 0.6 is 22.7 Å². The number of nitrogens with zero attached hydrogens (tertiary/aromatic N) is 4. The molecule has 9 heteroatoms. The van der Waals surface area contributed by atoms with Gasteiger partial charge in [0.15, 0.2) is 0 Å². The highest BCUT2D eigenvalue weighted by atomic mass is 32.1. The van der Waals surface area contributed by atoms with Gasteiger partial charge in [0, 0.05) is 21.9 Å². The summed E-state index contributed by atoms with van der Waals surface area (Å²) in [5.41, 5.74) is 2.53. The van der Waals surface area contributed by atoms with Gasteiger partial charge in [0.2, 0.25) is 5.91 Å². The summed E-state index contributed by atoms with van der Waals surface area (Å²) in [6, 6.07) is 15.7. The second kappa shape index (κ2) is 8.52. The molecule has 160 valence electrons. The average molecular weight is 462 g/mol. The van der Waals surface area contributed by atoms with Gasteiger partial charge < -0.3 is 5.32 Å². The molecular weight excluding hydrogens is 442 g/mol. The fourth-order valence-corrected chi connectivity index (χ4v) is 5.27. The first-order chi connectivity index (χ1) is 15.6. The molecule has 1 amide bonds. The van der Waals surface area contributed by atoms with E-state index in [9.17, 15) is 9.59 Å². The Balaban J connectivity index is 1.39. The van der Waals surface area contributed by atoms with Crippen LogP contribution in [0.3, 0.4) is 0 Å². The summed E-state index contributed by atoms with van der Waals surface area (Å²) in [6.45, 7) is 2.29. The number of anilines is 1. The number of aromatic nitrogens is 4. The second-order valence-corrected chi connectivity index (χ2v) is 9.15. The van der Waals surface area contributed by atoms with Crippen molar-refractivity contribution in [3.05, 3.63) is 87.2 Å². The maximum absolute atomic E-state index is 13.1. The molecule has 1 aromatic carbocycles. The predicted molar refractivity (Wildman–Crippen MR) is 128 cm³/mol. The van der Waals surface area contributed by atoms with Crippen molar-refractivity contribution < 1.29 is 4.79 Å². The van der Waals surface area contributed by atoms with Crippen LogP contribution in [-0.2, 0) is 17.9 Å². The summed E-state index contributed by atoms with van der Waals surface area (Å²) in [7, 11) is 0. The maximum Gasteiger partial charge on any atom is 0.263 e. The van der Waals surface area contributed by atoms with E-state index in [2.05, 4.69) is 15.4 Å². The highest BCUT2D eigenvalue weighted by Gasteiger charge is 2.16. The highest BCUT2D eigenvalue weighted by molar-refractivity contribution is 7.18. The minimum absolute atomic E-state index is 0.128. The molecule has 0 unspecified atom stereocenters. The normalized spacial score (nSPS) is 11.2. The zero-order valence-corrected chi connectivity index (χ0v) is 18.8. The van der Waals surface area contributed by atoms with Gasteiger partial charge in [-0.25, -0.2) is 9.67 Å². The molecule has 4 heterocycles. The fraction of sp³-hybridized carbons (Fsp3) is 0.130. The third kappa shape index (κ3) is 4.00. The Morgan fingerprint density at radius 2 is 1.97 bits per heavy atom. The number of amides is 1. The number of rotatable bonds is 6. The summed E-state index contributed by atoms with van der Waals surface area (Å²) in [5.74, 6) is 0.281. The zero-order valence-electron chi connectivity index (χ0n) is 17.2. The lowest BCUT2D eigenvalue weighted by Crippen LogP contribution is -2.28. The summed E-state index contributed by atoms with van der Waals surface area (Å²) in [5, 5.41) is 11.8. The van der Waals surface area contributed by atoms with E-state index < -0.39 is 0 Å². The lowest BCUT2D eigenvalue weighted by molar-refractivity contribution is -0.116. The van der Waals surface area contributed by atoms with E-state index in [4.69, 9.17) is 0 Å². The number of nitrogens with one attached hydrogen (secondary N) is 1. The number of fused-ring (bicyclic) bond motifs is 1. The monoisotopic (exact) mass is 461 g/mol. The Hall–Kier alpha value is -3.56. The topological polar surface area (TPSA) is 81.8 Å². The summed E-state index contributed by atoms with van der Waals surface area (Å²) in [4.78, 5) is 32.0. The van der Waals surface area contributed by atoms with Crippen LogP contribution in [0.4, 0.5) is 5.82 Å². The van der Waals surface area contributed by atoms with Crippen LogP contribution in [0, 0.1) is 6.92 Å². The zero-order chi connectivity index (χ0) is 22.1. The van der Waals surface area contributed by atoms with Crippen LogP contribution in [-0.4, -0.2) is 25.2 Å². The molecule has 1 N–H and O–H groups in total. The smallest absolute Gasteiger partial charge is 0.263 e. The summed E-state index contributed by atoms with van der Waals surface area (Å²) in [6.07, 6.45) is 1.44. The number of hydrogen-bond acceptors (Lipinski definition) is 6. The van der Waals surface area contributed by atoms with Crippen LogP contribution in [0.1, 0.15) is 11.3 Å². The van der Waals surface area contributed by atoms with Gasteiger partial charge in [-0.15, -0.1) is 22.7 Å². The molecule has 0 spiro atoms. The van der Waals surface area contributed by atoms with E-state index in [1.807, 2.05) is 66.2 Å². The third-order valence-electron chi connectivity index (χ3n) is 5.01. The quantitative estimate of drug-likeness (QED) is 0.407. The molecule has 0 saturated carbocycles. The number of hydrogen-bond donors (Lipinski definition) is 1. The van der Waals surface area contributed by atoms with E-state index >= 15 is 0 Å². The standard InChI is InChI=1S/C23H19N5O2S2/c1-15-10-19(28(26-15)11-16-6-3-2-4-7-16)25-20(29)12-27-14-24-22-21(23(27)30)17(13-32-22)18-8-5-9-31-18/h2-10,13-14H,11-12H2,1H3,(H,25,29). The molecule has 4 aromatic heterocycles. The van der Waals surface area contributed by atoms with Gasteiger partial charge in [0.1, 0.15) is 17.2 Å². The van der Waals surface area contributed by atoms with Crippen molar-refractivity contribution in [2.75, 3.05) is 5.32 Å². The molecule has 0 atom stereocenters. The summed E-state index contributed by atoms with van der Waals surface area (Å²) >= 11 is 3.00. The molecule has 5 aromatic rings. The SMILES string of the molecule is Cc1cc(NC(=O)Cn2cnc3scc(-c4cccs4)c3c2=O)n(Cc2ccccc2)n1. The first-order valence-electron chi connectivity index (χ1n) is 9.97. The first kappa shape index (κ1) is 20.3. The molecule has 32 heavy (non-hydrogen) atoms. The van der Waals surface area contributed by atoms with Crippen molar-refractivity contribution in [2.24, 2.45) is 0 Å². The van der Waals surface area contributed by atoms with Crippen molar-refractivity contribution >= 4 is 44.6 Å². The van der Waals surface area contributed by atoms with Crippen molar-refractivity contribution in [1.82, 2.24) is 19.3 Å². The van der Waals surface area contributed by atoms with Crippen molar-refractivity contribution in [3.63, 3.8) is 0 Å². The molecule has 7 nitrogen and oxygen atoms in total. The Morgan fingerprint density at radius 1 is 1.12 bits per heavy atom. The molecule has 0 saturated heterocycles. The van der Waals surface area contributed by atoms with Gasteiger partial charge in [-0.1, -0.05) is 36.4 Å². The van der Waals surface area contributed by atoms with Gasteiger partial charge in [-0.2, -0.15) is 5.10 Å².